The molecule has 1 heterocycles. The molecule has 0 aliphatic rings. The van der Waals surface area contributed by atoms with Gasteiger partial charge in [-0.05, 0) is 30.2 Å². The first-order chi connectivity index (χ1) is 12.7. The first-order valence-corrected chi connectivity index (χ1v) is 9.13. The zero-order valence-corrected chi connectivity index (χ0v) is 15.6. The van der Waals surface area contributed by atoms with E-state index >= 15 is 0 Å². The van der Waals surface area contributed by atoms with Crippen molar-refractivity contribution in [2.24, 2.45) is 0 Å². The fourth-order valence-corrected chi connectivity index (χ4v) is 3.10. The lowest BCUT2D eigenvalue weighted by atomic mass is 10.1. The van der Waals surface area contributed by atoms with E-state index in [2.05, 4.69) is 10.1 Å². The summed E-state index contributed by atoms with van der Waals surface area (Å²) < 4.78 is 40.7. The van der Waals surface area contributed by atoms with Gasteiger partial charge in [-0.1, -0.05) is 24.3 Å². The number of amides is 1. The summed E-state index contributed by atoms with van der Waals surface area (Å²) in [6.45, 7) is 0.793. The third-order valence-corrected chi connectivity index (χ3v) is 4.68. The standard InChI is InChI=1S/C19H20F3NO3S/c1-13-2-8-17(27-13)16(24)7-9-18(25)23-10-14-3-5-15(6-4-14)11-26-12-19(20,21)22/h2-6,8H,7,9-12H2,1H3,(H,23,25). The van der Waals surface area contributed by atoms with E-state index in [1.54, 1.807) is 30.3 Å². The monoisotopic (exact) mass is 399 g/mol. The molecule has 0 saturated carbocycles. The Hall–Kier alpha value is -2.19. The summed E-state index contributed by atoms with van der Waals surface area (Å²) in [4.78, 5) is 25.6. The molecule has 1 amide bonds. The maximum Gasteiger partial charge on any atom is 0.411 e. The van der Waals surface area contributed by atoms with Crippen LogP contribution in [0.3, 0.4) is 0 Å². The Morgan fingerprint density at radius 1 is 1.04 bits per heavy atom. The normalized spacial score (nSPS) is 11.4. The summed E-state index contributed by atoms with van der Waals surface area (Å²) in [5, 5.41) is 2.73. The Bertz CT molecular complexity index is 769. The second kappa shape index (κ2) is 9.66. The topological polar surface area (TPSA) is 55.4 Å². The van der Waals surface area contributed by atoms with E-state index in [4.69, 9.17) is 0 Å². The van der Waals surface area contributed by atoms with E-state index in [-0.39, 0.29) is 37.7 Å². The van der Waals surface area contributed by atoms with Crippen LogP contribution < -0.4 is 5.32 Å². The summed E-state index contributed by atoms with van der Waals surface area (Å²) in [5.41, 5.74) is 1.43. The smallest absolute Gasteiger partial charge is 0.367 e. The van der Waals surface area contributed by atoms with Crippen LogP contribution in [0.25, 0.3) is 0 Å². The number of halogens is 3. The maximum atomic E-state index is 12.0. The van der Waals surface area contributed by atoms with Gasteiger partial charge in [-0.2, -0.15) is 13.2 Å². The van der Waals surface area contributed by atoms with Crippen molar-refractivity contribution >= 4 is 23.0 Å². The van der Waals surface area contributed by atoms with Crippen molar-refractivity contribution in [3.8, 4) is 0 Å². The van der Waals surface area contributed by atoms with Crippen LogP contribution in [0.2, 0.25) is 0 Å². The van der Waals surface area contributed by atoms with Crippen LogP contribution in [0.15, 0.2) is 36.4 Å². The van der Waals surface area contributed by atoms with Crippen molar-refractivity contribution in [1.29, 1.82) is 0 Å². The number of aryl methyl sites for hydroxylation is 1. The highest BCUT2D eigenvalue weighted by atomic mass is 32.1. The van der Waals surface area contributed by atoms with Crippen LogP contribution in [0.5, 0.6) is 0 Å². The molecule has 1 N–H and O–H groups in total. The molecule has 0 spiro atoms. The number of thiophene rings is 1. The van der Waals surface area contributed by atoms with Gasteiger partial charge in [0.2, 0.25) is 5.91 Å². The molecule has 0 saturated heterocycles. The number of hydrogen-bond donors (Lipinski definition) is 1. The molecule has 2 aromatic rings. The fraction of sp³-hybridized carbons (Fsp3) is 0.368. The molecule has 4 nitrogen and oxygen atoms in total. The Kier molecular flexibility index (Phi) is 7.55. The van der Waals surface area contributed by atoms with Gasteiger partial charge in [-0.3, -0.25) is 9.59 Å². The summed E-state index contributed by atoms with van der Waals surface area (Å²) >= 11 is 1.41. The molecule has 1 aromatic carbocycles. The van der Waals surface area contributed by atoms with E-state index in [0.717, 1.165) is 10.4 Å². The van der Waals surface area contributed by atoms with Crippen molar-refractivity contribution in [1.82, 2.24) is 5.32 Å². The van der Waals surface area contributed by atoms with E-state index in [9.17, 15) is 22.8 Å². The minimum absolute atomic E-state index is 0.0496. The molecular formula is C19H20F3NO3S. The summed E-state index contributed by atoms with van der Waals surface area (Å²) in [6, 6.07) is 10.4. The molecule has 8 heteroatoms. The molecule has 0 bridgehead atoms. The molecule has 0 aliphatic heterocycles. The van der Waals surface area contributed by atoms with E-state index in [0.29, 0.717) is 10.4 Å². The maximum absolute atomic E-state index is 12.0. The second-order valence-electron chi connectivity index (χ2n) is 6.03. The number of alkyl halides is 3. The van der Waals surface area contributed by atoms with E-state index in [1.165, 1.54) is 11.3 Å². The number of carbonyl (C=O) groups excluding carboxylic acids is 2. The molecule has 146 valence electrons. The van der Waals surface area contributed by atoms with E-state index in [1.807, 2.05) is 13.0 Å². The zero-order chi connectivity index (χ0) is 19.9. The third-order valence-electron chi connectivity index (χ3n) is 3.64. The minimum Gasteiger partial charge on any atom is -0.367 e. The van der Waals surface area contributed by atoms with Crippen molar-refractivity contribution in [2.75, 3.05) is 6.61 Å². The summed E-state index contributed by atoms with van der Waals surface area (Å²) in [5.74, 6) is -0.277. The molecule has 0 aliphatic carbocycles. The van der Waals surface area contributed by atoms with Crippen LogP contribution in [-0.4, -0.2) is 24.5 Å². The van der Waals surface area contributed by atoms with Gasteiger partial charge < -0.3 is 10.1 Å². The number of nitrogens with one attached hydrogen (secondary N) is 1. The predicted molar refractivity (Wildman–Crippen MR) is 96.6 cm³/mol. The molecule has 27 heavy (non-hydrogen) atoms. The molecule has 1 aromatic heterocycles. The molecule has 0 fully saturated rings. The van der Waals surface area contributed by atoms with Crippen LogP contribution >= 0.6 is 11.3 Å². The van der Waals surface area contributed by atoms with Crippen molar-refractivity contribution in [3.05, 3.63) is 57.3 Å². The van der Waals surface area contributed by atoms with Crippen LogP contribution in [-0.2, 0) is 22.7 Å². The number of hydrogen-bond acceptors (Lipinski definition) is 4. The Morgan fingerprint density at radius 3 is 2.30 bits per heavy atom. The number of benzene rings is 1. The van der Waals surface area contributed by atoms with Gasteiger partial charge in [0.15, 0.2) is 5.78 Å². The highest BCUT2D eigenvalue weighted by Gasteiger charge is 2.27. The van der Waals surface area contributed by atoms with Crippen LogP contribution in [0.4, 0.5) is 13.2 Å². The molecule has 2 rings (SSSR count). The first kappa shape index (κ1) is 21.1. The lowest BCUT2D eigenvalue weighted by molar-refractivity contribution is -0.176. The highest BCUT2D eigenvalue weighted by Crippen LogP contribution is 2.18. The highest BCUT2D eigenvalue weighted by molar-refractivity contribution is 7.14. The van der Waals surface area contributed by atoms with Gasteiger partial charge in [0, 0.05) is 24.3 Å². The van der Waals surface area contributed by atoms with E-state index < -0.39 is 12.8 Å². The Morgan fingerprint density at radius 2 is 1.70 bits per heavy atom. The van der Waals surface area contributed by atoms with Crippen molar-refractivity contribution < 1.29 is 27.5 Å². The van der Waals surface area contributed by atoms with Gasteiger partial charge in [0.05, 0.1) is 11.5 Å². The molecular weight excluding hydrogens is 379 g/mol. The van der Waals surface area contributed by atoms with Gasteiger partial charge in [0.1, 0.15) is 6.61 Å². The fourth-order valence-electron chi connectivity index (χ4n) is 2.26. The van der Waals surface area contributed by atoms with Crippen molar-refractivity contribution in [3.63, 3.8) is 0 Å². The molecule has 0 unspecified atom stereocenters. The Labute approximate surface area is 159 Å². The lowest BCUT2D eigenvalue weighted by Crippen LogP contribution is -2.23. The van der Waals surface area contributed by atoms with Gasteiger partial charge >= 0.3 is 6.18 Å². The average molecular weight is 399 g/mol. The second-order valence-corrected chi connectivity index (χ2v) is 7.32. The minimum atomic E-state index is -4.34. The zero-order valence-electron chi connectivity index (χ0n) is 14.8. The summed E-state index contributed by atoms with van der Waals surface area (Å²) in [7, 11) is 0. The van der Waals surface area contributed by atoms with Crippen LogP contribution in [0.1, 0.15) is 38.5 Å². The number of ketones is 1. The Balaban J connectivity index is 1.69. The quantitative estimate of drug-likeness (QED) is 0.636. The third kappa shape index (κ3) is 7.92. The average Bonchev–Trinajstić information content (AvgIpc) is 3.04. The number of carbonyl (C=O) groups is 2. The number of rotatable bonds is 9. The lowest BCUT2D eigenvalue weighted by Gasteiger charge is -2.09. The first-order valence-electron chi connectivity index (χ1n) is 8.31. The van der Waals surface area contributed by atoms with Gasteiger partial charge in [0.25, 0.3) is 0 Å². The molecule has 0 radical (unpaired) electrons. The number of Topliss-reactive ketones (excluding diaryl/α,β-unsaturated/α-hetero) is 1. The van der Waals surface area contributed by atoms with Gasteiger partial charge in [-0.15, -0.1) is 11.3 Å². The van der Waals surface area contributed by atoms with Crippen LogP contribution in [0, 0.1) is 6.92 Å². The largest absolute Gasteiger partial charge is 0.411 e. The SMILES string of the molecule is Cc1ccc(C(=O)CCC(=O)NCc2ccc(COCC(F)(F)F)cc2)s1. The summed E-state index contributed by atoms with van der Waals surface area (Å²) in [6.07, 6.45) is -4.08. The van der Waals surface area contributed by atoms with Crippen molar-refractivity contribution in [2.45, 2.75) is 39.1 Å². The predicted octanol–water partition coefficient (Wildman–Crippen LogP) is 4.41. The molecule has 0 atom stereocenters. The van der Waals surface area contributed by atoms with Gasteiger partial charge in [-0.25, -0.2) is 0 Å². The number of ether oxygens (including phenoxy) is 1.